The molecule has 0 unspecified atom stereocenters. The van der Waals surface area contributed by atoms with Crippen LogP contribution in [0.3, 0.4) is 0 Å². The van der Waals surface area contributed by atoms with Crippen molar-refractivity contribution >= 4 is 15.9 Å². The second-order valence-corrected chi connectivity index (χ2v) is 5.76. The van der Waals surface area contributed by atoms with Gasteiger partial charge in [-0.2, -0.15) is 0 Å². The SMILES string of the molecule is C=C(Br)CO[C@@H]1C=C[C@@H](c2ccccc2)O[C@@H]1COC. The van der Waals surface area contributed by atoms with Gasteiger partial charge in [-0.15, -0.1) is 0 Å². The predicted molar refractivity (Wildman–Crippen MR) is 82.9 cm³/mol. The van der Waals surface area contributed by atoms with Gasteiger partial charge in [-0.25, -0.2) is 0 Å². The fourth-order valence-corrected chi connectivity index (χ4v) is 2.26. The molecule has 0 N–H and O–H groups in total. The Balaban J connectivity index is 2.06. The number of hydrogen-bond acceptors (Lipinski definition) is 3. The highest BCUT2D eigenvalue weighted by Gasteiger charge is 2.28. The molecule has 1 aliphatic heterocycles. The summed E-state index contributed by atoms with van der Waals surface area (Å²) < 4.78 is 17.9. The van der Waals surface area contributed by atoms with Gasteiger partial charge in [-0.1, -0.05) is 65.0 Å². The Hall–Kier alpha value is -0.940. The average molecular weight is 339 g/mol. The summed E-state index contributed by atoms with van der Waals surface area (Å²) in [6.07, 6.45) is 3.78. The molecule has 0 radical (unpaired) electrons. The van der Waals surface area contributed by atoms with Crippen LogP contribution in [0.4, 0.5) is 0 Å². The van der Waals surface area contributed by atoms with Crippen molar-refractivity contribution in [2.75, 3.05) is 20.3 Å². The molecule has 3 atom stereocenters. The number of hydrogen-bond donors (Lipinski definition) is 0. The van der Waals surface area contributed by atoms with Crippen LogP contribution in [0.2, 0.25) is 0 Å². The van der Waals surface area contributed by atoms with E-state index in [2.05, 4.69) is 34.6 Å². The van der Waals surface area contributed by atoms with Gasteiger partial charge in [0.1, 0.15) is 18.3 Å². The largest absolute Gasteiger partial charge is 0.382 e. The van der Waals surface area contributed by atoms with Crippen LogP contribution in [0.5, 0.6) is 0 Å². The topological polar surface area (TPSA) is 27.7 Å². The quantitative estimate of drug-likeness (QED) is 0.741. The van der Waals surface area contributed by atoms with Crippen molar-refractivity contribution in [3.8, 4) is 0 Å². The van der Waals surface area contributed by atoms with E-state index in [4.69, 9.17) is 14.2 Å². The molecule has 0 amide bonds. The van der Waals surface area contributed by atoms with Crippen molar-refractivity contribution in [1.29, 1.82) is 0 Å². The van der Waals surface area contributed by atoms with E-state index in [-0.39, 0.29) is 18.3 Å². The molecule has 0 bridgehead atoms. The van der Waals surface area contributed by atoms with E-state index >= 15 is 0 Å². The van der Waals surface area contributed by atoms with Crippen LogP contribution in [0.25, 0.3) is 0 Å². The van der Waals surface area contributed by atoms with Crippen molar-refractivity contribution in [2.45, 2.75) is 18.3 Å². The Bertz CT molecular complexity index is 458. The van der Waals surface area contributed by atoms with E-state index in [1.165, 1.54) is 0 Å². The fraction of sp³-hybridized carbons (Fsp3) is 0.375. The highest BCUT2D eigenvalue weighted by Crippen LogP contribution is 2.27. The summed E-state index contributed by atoms with van der Waals surface area (Å²) in [5.41, 5.74) is 1.13. The first-order valence-electron chi connectivity index (χ1n) is 6.53. The maximum Gasteiger partial charge on any atom is 0.112 e. The lowest BCUT2D eigenvalue weighted by atomic mass is 10.0. The van der Waals surface area contributed by atoms with E-state index in [0.29, 0.717) is 13.2 Å². The Morgan fingerprint density at radius 3 is 2.70 bits per heavy atom. The van der Waals surface area contributed by atoms with Gasteiger partial charge in [0, 0.05) is 11.6 Å². The summed E-state index contributed by atoms with van der Waals surface area (Å²) in [7, 11) is 1.67. The lowest BCUT2D eigenvalue weighted by molar-refractivity contribution is -0.104. The molecule has 0 spiro atoms. The van der Waals surface area contributed by atoms with Crippen molar-refractivity contribution in [3.05, 3.63) is 59.1 Å². The summed E-state index contributed by atoms with van der Waals surface area (Å²) in [5.74, 6) is 0. The Kier molecular flexibility index (Phi) is 5.98. The number of ether oxygens (including phenoxy) is 3. The summed E-state index contributed by atoms with van der Waals surface area (Å²) >= 11 is 3.29. The van der Waals surface area contributed by atoms with E-state index < -0.39 is 0 Å². The van der Waals surface area contributed by atoms with Gasteiger partial charge in [0.15, 0.2) is 0 Å². The Labute approximate surface area is 128 Å². The van der Waals surface area contributed by atoms with Crippen LogP contribution in [-0.4, -0.2) is 32.5 Å². The molecule has 0 saturated heterocycles. The second-order valence-electron chi connectivity index (χ2n) is 4.64. The van der Waals surface area contributed by atoms with Crippen LogP contribution in [0.1, 0.15) is 11.7 Å². The number of halogens is 1. The van der Waals surface area contributed by atoms with Crippen molar-refractivity contribution in [2.24, 2.45) is 0 Å². The third kappa shape index (κ3) is 4.28. The van der Waals surface area contributed by atoms with Crippen LogP contribution in [0, 0.1) is 0 Å². The molecule has 1 heterocycles. The van der Waals surface area contributed by atoms with Gasteiger partial charge in [0.25, 0.3) is 0 Å². The zero-order valence-corrected chi connectivity index (χ0v) is 13.1. The van der Waals surface area contributed by atoms with E-state index in [1.807, 2.05) is 30.4 Å². The van der Waals surface area contributed by atoms with E-state index in [1.54, 1.807) is 7.11 Å². The third-order valence-electron chi connectivity index (χ3n) is 3.05. The molecule has 0 aliphatic carbocycles. The first-order valence-corrected chi connectivity index (χ1v) is 7.32. The molecule has 3 nitrogen and oxygen atoms in total. The zero-order valence-electron chi connectivity index (χ0n) is 11.5. The molecule has 4 heteroatoms. The van der Waals surface area contributed by atoms with Gasteiger partial charge in [-0.05, 0) is 5.56 Å². The maximum absolute atomic E-state index is 6.08. The monoisotopic (exact) mass is 338 g/mol. The Morgan fingerprint density at radius 2 is 2.05 bits per heavy atom. The van der Waals surface area contributed by atoms with Crippen LogP contribution in [-0.2, 0) is 14.2 Å². The van der Waals surface area contributed by atoms with Crippen molar-refractivity contribution in [3.63, 3.8) is 0 Å². The number of rotatable bonds is 6. The van der Waals surface area contributed by atoms with Crippen LogP contribution >= 0.6 is 15.9 Å². The molecular weight excluding hydrogens is 320 g/mol. The number of benzene rings is 1. The molecular formula is C16H19BrO3. The minimum absolute atomic E-state index is 0.0524. The zero-order chi connectivity index (χ0) is 14.4. The highest BCUT2D eigenvalue weighted by molar-refractivity contribution is 9.11. The molecule has 1 aliphatic rings. The molecule has 20 heavy (non-hydrogen) atoms. The van der Waals surface area contributed by atoms with E-state index in [0.717, 1.165) is 10.0 Å². The lowest BCUT2D eigenvalue weighted by Gasteiger charge is -2.32. The second kappa shape index (κ2) is 7.74. The van der Waals surface area contributed by atoms with Gasteiger partial charge >= 0.3 is 0 Å². The molecule has 1 aromatic rings. The van der Waals surface area contributed by atoms with Crippen LogP contribution in [0.15, 0.2) is 53.5 Å². The average Bonchev–Trinajstić information content (AvgIpc) is 2.47. The summed E-state index contributed by atoms with van der Waals surface area (Å²) in [4.78, 5) is 0. The first-order chi connectivity index (χ1) is 9.70. The lowest BCUT2D eigenvalue weighted by Crippen LogP contribution is -2.38. The third-order valence-corrected chi connectivity index (χ3v) is 3.28. The van der Waals surface area contributed by atoms with E-state index in [9.17, 15) is 0 Å². The smallest absolute Gasteiger partial charge is 0.112 e. The van der Waals surface area contributed by atoms with Gasteiger partial charge < -0.3 is 14.2 Å². The predicted octanol–water partition coefficient (Wildman–Crippen LogP) is 3.62. The molecule has 108 valence electrons. The molecule has 2 rings (SSSR count). The standard InChI is InChI=1S/C16H19BrO3/c1-12(17)10-19-15-9-8-14(20-16(15)11-18-2)13-6-4-3-5-7-13/h3-9,14-16H,1,10-11H2,2H3/t14-,15+,16+/m0/s1. The Morgan fingerprint density at radius 1 is 1.30 bits per heavy atom. The highest BCUT2D eigenvalue weighted by atomic mass is 79.9. The number of methoxy groups -OCH3 is 1. The van der Waals surface area contributed by atoms with Crippen LogP contribution < -0.4 is 0 Å². The van der Waals surface area contributed by atoms with Gasteiger partial charge in [0.2, 0.25) is 0 Å². The molecule has 1 aromatic carbocycles. The maximum atomic E-state index is 6.08. The first kappa shape index (κ1) is 15.4. The molecule has 0 fully saturated rings. The summed E-state index contributed by atoms with van der Waals surface area (Å²) in [5, 5.41) is 0. The molecule has 0 saturated carbocycles. The van der Waals surface area contributed by atoms with Gasteiger partial charge in [-0.3, -0.25) is 0 Å². The summed E-state index contributed by atoms with van der Waals surface area (Å²) in [6, 6.07) is 10.1. The minimum Gasteiger partial charge on any atom is -0.382 e. The van der Waals surface area contributed by atoms with Gasteiger partial charge in [0.05, 0.1) is 13.2 Å². The minimum atomic E-state index is -0.123. The summed E-state index contributed by atoms with van der Waals surface area (Å²) in [6.45, 7) is 4.71. The van der Waals surface area contributed by atoms with Crippen molar-refractivity contribution in [1.82, 2.24) is 0 Å². The normalized spacial score (nSPS) is 25.6. The fourth-order valence-electron chi connectivity index (χ4n) is 2.13. The van der Waals surface area contributed by atoms with Crippen molar-refractivity contribution < 1.29 is 14.2 Å². The molecule has 0 aromatic heterocycles.